The highest BCUT2D eigenvalue weighted by Gasteiger charge is 2.22. The Kier molecular flexibility index (Phi) is 4.87. The Morgan fingerprint density at radius 2 is 1.55 bits per heavy atom. The largest absolute Gasteiger partial charge is 0.363 e. The Morgan fingerprint density at radius 3 is 2.17 bits per heavy atom. The van der Waals surface area contributed by atoms with E-state index in [2.05, 4.69) is 94.5 Å². The van der Waals surface area contributed by atoms with Crippen LogP contribution in [0, 0.1) is 6.92 Å². The lowest BCUT2D eigenvalue weighted by Gasteiger charge is -2.22. The van der Waals surface area contributed by atoms with Crippen molar-refractivity contribution in [1.82, 2.24) is 14.6 Å². The molecule has 2 aromatic heterocycles. The number of rotatable bonds is 4. The molecular weight excluding hydrogens is 356 g/mol. The molecule has 0 aliphatic carbocycles. The van der Waals surface area contributed by atoms with E-state index in [1.54, 1.807) is 0 Å². The average Bonchev–Trinajstić information content (AvgIpc) is 3.04. The van der Waals surface area contributed by atoms with Crippen LogP contribution in [0.15, 0.2) is 66.7 Å². The van der Waals surface area contributed by atoms with Crippen LogP contribution in [0.5, 0.6) is 0 Å². The smallest absolute Gasteiger partial charge is 0.165 e. The minimum absolute atomic E-state index is 0.0691. The van der Waals surface area contributed by atoms with Gasteiger partial charge >= 0.3 is 0 Å². The van der Waals surface area contributed by atoms with E-state index in [0.717, 1.165) is 34.0 Å². The molecule has 0 fully saturated rings. The number of hydrogen-bond acceptors (Lipinski definition) is 3. The van der Waals surface area contributed by atoms with Crippen LogP contribution in [0.2, 0.25) is 0 Å². The standard InChI is InChI=1S/C25H28N4/c1-17(19-12-8-6-9-13-19)26-22-16-21(25(3,4)5)27-24-23(18(2)28-29(22)24)20-14-10-7-11-15-20/h6-17,26H,1-5H3/t17-/m0/s1. The van der Waals surface area contributed by atoms with E-state index in [9.17, 15) is 0 Å². The summed E-state index contributed by atoms with van der Waals surface area (Å²) in [7, 11) is 0. The summed E-state index contributed by atoms with van der Waals surface area (Å²) in [5, 5.41) is 8.52. The maximum absolute atomic E-state index is 5.04. The molecule has 0 aliphatic rings. The fraction of sp³-hybridized carbons (Fsp3) is 0.280. The van der Waals surface area contributed by atoms with Crippen LogP contribution < -0.4 is 5.32 Å². The van der Waals surface area contributed by atoms with E-state index in [1.807, 2.05) is 16.6 Å². The van der Waals surface area contributed by atoms with Crippen LogP contribution in [0.25, 0.3) is 16.8 Å². The van der Waals surface area contributed by atoms with E-state index in [0.29, 0.717) is 0 Å². The van der Waals surface area contributed by atoms with Crippen molar-refractivity contribution in [3.05, 3.63) is 83.7 Å². The van der Waals surface area contributed by atoms with Crippen LogP contribution in [-0.4, -0.2) is 14.6 Å². The molecule has 0 unspecified atom stereocenters. The van der Waals surface area contributed by atoms with Gasteiger partial charge in [-0.3, -0.25) is 0 Å². The van der Waals surface area contributed by atoms with Gasteiger partial charge in [0, 0.05) is 23.1 Å². The maximum Gasteiger partial charge on any atom is 0.165 e. The quantitative estimate of drug-likeness (QED) is 0.457. The Hall–Kier alpha value is -3.14. The van der Waals surface area contributed by atoms with Crippen molar-refractivity contribution in [3.63, 3.8) is 0 Å². The zero-order chi connectivity index (χ0) is 20.6. The highest BCUT2D eigenvalue weighted by molar-refractivity contribution is 5.81. The molecule has 29 heavy (non-hydrogen) atoms. The molecule has 4 nitrogen and oxygen atoms in total. The van der Waals surface area contributed by atoms with Crippen LogP contribution in [0.4, 0.5) is 5.82 Å². The predicted octanol–water partition coefficient (Wildman–Crippen LogP) is 6.18. The molecule has 0 bridgehead atoms. The summed E-state index contributed by atoms with van der Waals surface area (Å²) in [4.78, 5) is 5.04. The van der Waals surface area contributed by atoms with E-state index in [4.69, 9.17) is 10.1 Å². The Balaban J connectivity index is 1.90. The van der Waals surface area contributed by atoms with Gasteiger partial charge in [0.15, 0.2) is 5.65 Å². The second kappa shape index (κ2) is 7.36. The van der Waals surface area contributed by atoms with Crippen LogP contribution in [-0.2, 0) is 5.41 Å². The fourth-order valence-corrected chi connectivity index (χ4v) is 3.60. The second-order valence-electron chi connectivity index (χ2n) is 8.62. The van der Waals surface area contributed by atoms with Crippen molar-refractivity contribution in [1.29, 1.82) is 0 Å². The number of hydrogen-bond donors (Lipinski definition) is 1. The highest BCUT2D eigenvalue weighted by atomic mass is 15.3. The fourth-order valence-electron chi connectivity index (χ4n) is 3.60. The van der Waals surface area contributed by atoms with Gasteiger partial charge in [0.25, 0.3) is 0 Å². The summed E-state index contributed by atoms with van der Waals surface area (Å²) in [5.74, 6) is 0.960. The number of anilines is 1. The van der Waals surface area contributed by atoms with E-state index in [1.165, 1.54) is 5.56 Å². The number of aryl methyl sites for hydroxylation is 1. The Bertz CT molecular complexity index is 1120. The van der Waals surface area contributed by atoms with Crippen molar-refractivity contribution in [3.8, 4) is 11.1 Å². The van der Waals surface area contributed by atoms with E-state index in [-0.39, 0.29) is 11.5 Å². The molecule has 0 radical (unpaired) electrons. The molecule has 148 valence electrons. The molecule has 0 saturated heterocycles. The molecule has 2 aromatic carbocycles. The Morgan fingerprint density at radius 1 is 0.931 bits per heavy atom. The van der Waals surface area contributed by atoms with Crippen molar-refractivity contribution >= 4 is 11.5 Å². The molecule has 2 heterocycles. The third kappa shape index (κ3) is 3.75. The summed E-state index contributed by atoms with van der Waals surface area (Å²) < 4.78 is 1.95. The zero-order valence-corrected chi connectivity index (χ0v) is 17.8. The number of fused-ring (bicyclic) bond motifs is 1. The molecular formula is C25H28N4. The van der Waals surface area contributed by atoms with Gasteiger partial charge < -0.3 is 5.32 Å². The van der Waals surface area contributed by atoms with Gasteiger partial charge in [0.2, 0.25) is 0 Å². The third-order valence-electron chi connectivity index (χ3n) is 5.26. The number of aromatic nitrogens is 3. The minimum Gasteiger partial charge on any atom is -0.363 e. The van der Waals surface area contributed by atoms with Crippen LogP contribution in [0.3, 0.4) is 0 Å². The first kappa shape index (κ1) is 19.2. The first-order chi connectivity index (χ1) is 13.8. The molecule has 1 N–H and O–H groups in total. The summed E-state index contributed by atoms with van der Waals surface area (Å²) in [6.45, 7) is 10.8. The van der Waals surface area contributed by atoms with Crippen molar-refractivity contribution in [2.24, 2.45) is 0 Å². The molecule has 4 rings (SSSR count). The molecule has 4 aromatic rings. The SMILES string of the molecule is Cc1nn2c(N[C@@H](C)c3ccccc3)cc(C(C)(C)C)nc2c1-c1ccccc1. The van der Waals surface area contributed by atoms with E-state index >= 15 is 0 Å². The monoisotopic (exact) mass is 384 g/mol. The highest BCUT2D eigenvalue weighted by Crippen LogP contribution is 2.32. The summed E-state index contributed by atoms with van der Waals surface area (Å²) in [6.07, 6.45) is 0. The number of nitrogens with one attached hydrogen (secondary N) is 1. The Labute approximate surface area is 172 Å². The molecule has 0 amide bonds. The summed E-state index contributed by atoms with van der Waals surface area (Å²) >= 11 is 0. The second-order valence-corrected chi connectivity index (χ2v) is 8.62. The molecule has 0 spiro atoms. The van der Waals surface area contributed by atoms with Gasteiger partial charge in [0.1, 0.15) is 5.82 Å². The first-order valence-electron chi connectivity index (χ1n) is 10.1. The topological polar surface area (TPSA) is 42.2 Å². The van der Waals surface area contributed by atoms with Crippen molar-refractivity contribution in [2.75, 3.05) is 5.32 Å². The lowest BCUT2D eigenvalue weighted by atomic mass is 9.91. The molecule has 0 aliphatic heterocycles. The number of nitrogens with zero attached hydrogens (tertiary/aromatic N) is 3. The molecule has 1 atom stereocenters. The molecule has 0 saturated carbocycles. The predicted molar refractivity (Wildman–Crippen MR) is 120 cm³/mol. The zero-order valence-electron chi connectivity index (χ0n) is 17.8. The van der Waals surface area contributed by atoms with Crippen molar-refractivity contribution < 1.29 is 0 Å². The van der Waals surface area contributed by atoms with E-state index < -0.39 is 0 Å². The van der Waals surface area contributed by atoms with Gasteiger partial charge in [0.05, 0.1) is 11.4 Å². The van der Waals surface area contributed by atoms with Gasteiger partial charge in [-0.25, -0.2) is 4.98 Å². The summed E-state index contributed by atoms with van der Waals surface area (Å²) in [6, 6.07) is 23.1. The first-order valence-corrected chi connectivity index (χ1v) is 10.1. The average molecular weight is 385 g/mol. The summed E-state index contributed by atoms with van der Waals surface area (Å²) in [5.41, 5.74) is 6.31. The maximum atomic E-state index is 5.04. The van der Waals surface area contributed by atoms with Crippen molar-refractivity contribution in [2.45, 2.75) is 46.1 Å². The third-order valence-corrected chi connectivity index (χ3v) is 5.26. The number of benzene rings is 2. The van der Waals surface area contributed by atoms with Gasteiger partial charge in [-0.2, -0.15) is 9.61 Å². The van der Waals surface area contributed by atoms with Crippen LogP contribution >= 0.6 is 0 Å². The van der Waals surface area contributed by atoms with Gasteiger partial charge in [-0.1, -0.05) is 81.4 Å². The normalized spacial score (nSPS) is 12.9. The van der Waals surface area contributed by atoms with Gasteiger partial charge in [-0.15, -0.1) is 0 Å². The van der Waals surface area contributed by atoms with Crippen LogP contribution in [0.1, 0.15) is 50.7 Å². The minimum atomic E-state index is -0.0691. The lowest BCUT2D eigenvalue weighted by Crippen LogP contribution is -2.17. The van der Waals surface area contributed by atoms with Gasteiger partial charge in [-0.05, 0) is 25.0 Å². The lowest BCUT2D eigenvalue weighted by molar-refractivity contribution is 0.568. The molecule has 4 heteroatoms.